The van der Waals surface area contributed by atoms with E-state index in [1.54, 1.807) is 0 Å². The van der Waals surface area contributed by atoms with Crippen molar-refractivity contribution in [1.82, 2.24) is 0 Å². The second kappa shape index (κ2) is 6.08. The predicted molar refractivity (Wildman–Crippen MR) is 79.0 cm³/mol. The van der Waals surface area contributed by atoms with Crippen LogP contribution in [0.3, 0.4) is 0 Å². The average molecular weight is 282 g/mol. The van der Waals surface area contributed by atoms with Gasteiger partial charge in [-0.15, -0.1) is 0 Å². The lowest BCUT2D eigenvalue weighted by atomic mass is 9.85. The number of halogens is 2. The van der Waals surface area contributed by atoms with E-state index in [0.29, 0.717) is 31.6 Å². The van der Waals surface area contributed by atoms with Gasteiger partial charge >= 0.3 is 0 Å². The predicted octanol–water partition coefficient (Wildman–Crippen LogP) is 3.48. The minimum absolute atomic E-state index is 0.128. The fraction of sp³-hybridized carbons (Fsp3) is 0.625. The molecular formula is C16H24F2N2. The highest BCUT2D eigenvalue weighted by atomic mass is 19.1. The van der Waals surface area contributed by atoms with E-state index in [-0.39, 0.29) is 11.1 Å². The van der Waals surface area contributed by atoms with Crippen molar-refractivity contribution < 1.29 is 8.78 Å². The fourth-order valence-electron chi connectivity index (χ4n) is 2.88. The molecule has 0 unspecified atom stereocenters. The first-order chi connectivity index (χ1) is 9.43. The number of hydrogen-bond donors (Lipinski definition) is 1. The van der Waals surface area contributed by atoms with Crippen LogP contribution in [0.5, 0.6) is 0 Å². The van der Waals surface area contributed by atoms with Gasteiger partial charge in [0.1, 0.15) is 17.3 Å². The van der Waals surface area contributed by atoms with Crippen LogP contribution in [0.2, 0.25) is 0 Å². The van der Waals surface area contributed by atoms with Gasteiger partial charge in [0.2, 0.25) is 0 Å². The van der Waals surface area contributed by atoms with Gasteiger partial charge in [-0.1, -0.05) is 13.8 Å². The summed E-state index contributed by atoms with van der Waals surface area (Å²) < 4.78 is 28.4. The lowest BCUT2D eigenvalue weighted by molar-refractivity contribution is 0.325. The average Bonchev–Trinajstić information content (AvgIpc) is 2.51. The summed E-state index contributed by atoms with van der Waals surface area (Å²) in [6, 6.07) is 2.84. The van der Waals surface area contributed by atoms with E-state index in [0.717, 1.165) is 19.3 Å². The van der Waals surface area contributed by atoms with E-state index in [2.05, 4.69) is 13.8 Å². The first-order valence-electron chi connectivity index (χ1n) is 7.36. The molecule has 2 N–H and O–H groups in total. The summed E-state index contributed by atoms with van der Waals surface area (Å²) >= 11 is 0. The molecule has 112 valence electrons. The van der Waals surface area contributed by atoms with Crippen LogP contribution < -0.4 is 10.6 Å². The van der Waals surface area contributed by atoms with Gasteiger partial charge in [-0.3, -0.25) is 0 Å². The Morgan fingerprint density at radius 2 is 1.80 bits per heavy atom. The third-order valence-electron chi connectivity index (χ3n) is 4.17. The minimum atomic E-state index is -0.465. The van der Waals surface area contributed by atoms with E-state index < -0.39 is 11.6 Å². The van der Waals surface area contributed by atoms with E-state index in [1.807, 2.05) is 4.90 Å². The van der Waals surface area contributed by atoms with Crippen molar-refractivity contribution in [2.75, 3.05) is 24.5 Å². The van der Waals surface area contributed by atoms with Crippen LogP contribution in [0.1, 0.15) is 38.7 Å². The minimum Gasteiger partial charge on any atom is -0.367 e. The highest BCUT2D eigenvalue weighted by Gasteiger charge is 2.26. The van der Waals surface area contributed by atoms with Crippen LogP contribution >= 0.6 is 0 Å². The number of benzene rings is 1. The van der Waals surface area contributed by atoms with E-state index >= 15 is 0 Å². The molecule has 0 spiro atoms. The van der Waals surface area contributed by atoms with Gasteiger partial charge in [0.25, 0.3) is 0 Å². The van der Waals surface area contributed by atoms with Crippen LogP contribution in [-0.2, 0) is 6.42 Å². The monoisotopic (exact) mass is 282 g/mol. The van der Waals surface area contributed by atoms with Crippen molar-refractivity contribution in [3.8, 4) is 0 Å². The van der Waals surface area contributed by atoms with Crippen molar-refractivity contribution >= 4 is 5.69 Å². The molecule has 0 aliphatic carbocycles. The zero-order chi connectivity index (χ0) is 14.8. The molecule has 0 atom stereocenters. The smallest absolute Gasteiger partial charge is 0.149 e. The number of nitrogens with zero attached hydrogens (tertiary/aromatic N) is 1. The van der Waals surface area contributed by atoms with Gasteiger partial charge in [0, 0.05) is 13.1 Å². The van der Waals surface area contributed by atoms with Crippen molar-refractivity contribution in [2.24, 2.45) is 11.1 Å². The number of rotatable bonds is 3. The Balaban J connectivity index is 2.24. The first-order valence-corrected chi connectivity index (χ1v) is 7.36. The van der Waals surface area contributed by atoms with Crippen LogP contribution in [0.15, 0.2) is 12.1 Å². The summed E-state index contributed by atoms with van der Waals surface area (Å²) in [5.41, 5.74) is 6.44. The highest BCUT2D eigenvalue weighted by Crippen LogP contribution is 2.33. The van der Waals surface area contributed by atoms with Crippen LogP contribution in [-0.4, -0.2) is 19.6 Å². The summed E-state index contributed by atoms with van der Waals surface area (Å²) in [5.74, 6) is -0.929. The molecule has 1 aromatic carbocycles. The molecule has 0 saturated carbocycles. The summed E-state index contributed by atoms with van der Waals surface area (Å²) in [7, 11) is 0. The fourth-order valence-corrected chi connectivity index (χ4v) is 2.88. The number of nitrogens with two attached hydrogens (primary N) is 1. The normalized spacial score (nSPS) is 18.9. The molecule has 4 heteroatoms. The maximum Gasteiger partial charge on any atom is 0.149 e. The number of anilines is 1. The Hall–Kier alpha value is -1.16. The maximum atomic E-state index is 14.2. The lowest BCUT2D eigenvalue weighted by Crippen LogP contribution is -2.27. The second-order valence-electron chi connectivity index (χ2n) is 6.45. The quantitative estimate of drug-likeness (QED) is 0.919. The Bertz CT molecular complexity index is 449. The van der Waals surface area contributed by atoms with E-state index in [9.17, 15) is 8.78 Å². The van der Waals surface area contributed by atoms with Gasteiger partial charge in [0.05, 0.1) is 0 Å². The van der Waals surface area contributed by atoms with Crippen LogP contribution in [0.25, 0.3) is 0 Å². The molecule has 0 bridgehead atoms. The Morgan fingerprint density at radius 1 is 1.15 bits per heavy atom. The second-order valence-corrected chi connectivity index (χ2v) is 6.45. The summed E-state index contributed by atoms with van der Waals surface area (Å²) in [4.78, 5) is 1.85. The maximum absolute atomic E-state index is 14.2. The standard InChI is InChI=1S/C16H24F2N2/c1-16(2)5-3-8-20(9-6-16)15-13(17)10-12(4-7-19)11-14(15)18/h10-11H,3-9,19H2,1-2H3. The zero-order valence-corrected chi connectivity index (χ0v) is 12.4. The zero-order valence-electron chi connectivity index (χ0n) is 12.4. The van der Waals surface area contributed by atoms with E-state index in [4.69, 9.17) is 5.73 Å². The third-order valence-corrected chi connectivity index (χ3v) is 4.17. The molecule has 0 radical (unpaired) electrons. The van der Waals surface area contributed by atoms with Gasteiger partial charge < -0.3 is 10.6 Å². The van der Waals surface area contributed by atoms with Crippen LogP contribution in [0.4, 0.5) is 14.5 Å². The molecule has 1 fully saturated rings. The molecule has 1 aromatic rings. The van der Waals surface area contributed by atoms with Crippen molar-refractivity contribution in [2.45, 2.75) is 39.5 Å². The SMILES string of the molecule is CC1(C)CCCN(c2c(F)cc(CCN)cc2F)CC1. The van der Waals surface area contributed by atoms with E-state index in [1.165, 1.54) is 12.1 Å². The summed E-state index contributed by atoms with van der Waals surface area (Å²) in [5, 5.41) is 0. The molecular weight excluding hydrogens is 258 g/mol. The molecule has 1 heterocycles. The highest BCUT2D eigenvalue weighted by molar-refractivity contribution is 5.51. The topological polar surface area (TPSA) is 29.3 Å². The van der Waals surface area contributed by atoms with Gasteiger partial charge in [-0.05, 0) is 55.3 Å². The van der Waals surface area contributed by atoms with Gasteiger partial charge in [-0.25, -0.2) is 8.78 Å². The first kappa shape index (κ1) is 15.2. The Kier molecular flexibility index (Phi) is 4.63. The van der Waals surface area contributed by atoms with Crippen molar-refractivity contribution in [3.05, 3.63) is 29.3 Å². The molecule has 2 rings (SSSR count). The molecule has 20 heavy (non-hydrogen) atoms. The summed E-state index contributed by atoms with van der Waals surface area (Å²) in [6.45, 7) is 6.25. The molecule has 1 aliphatic rings. The molecule has 1 saturated heterocycles. The largest absolute Gasteiger partial charge is 0.367 e. The van der Waals surface area contributed by atoms with Crippen LogP contribution in [0, 0.1) is 17.0 Å². The van der Waals surface area contributed by atoms with Gasteiger partial charge in [0.15, 0.2) is 0 Å². The molecule has 0 amide bonds. The van der Waals surface area contributed by atoms with Gasteiger partial charge in [-0.2, -0.15) is 0 Å². The Morgan fingerprint density at radius 3 is 2.40 bits per heavy atom. The van der Waals surface area contributed by atoms with Crippen molar-refractivity contribution in [3.63, 3.8) is 0 Å². The van der Waals surface area contributed by atoms with Crippen molar-refractivity contribution in [1.29, 1.82) is 0 Å². The lowest BCUT2D eigenvalue weighted by Gasteiger charge is -2.26. The summed E-state index contributed by atoms with van der Waals surface area (Å²) in [6.07, 6.45) is 3.52. The molecule has 1 aliphatic heterocycles. The third kappa shape index (κ3) is 3.48. The number of hydrogen-bond acceptors (Lipinski definition) is 2. The molecule has 2 nitrogen and oxygen atoms in total. The molecule has 0 aromatic heterocycles. The Labute approximate surface area is 120 Å².